The zero-order valence-corrected chi connectivity index (χ0v) is 12.6. The van der Waals surface area contributed by atoms with Crippen molar-refractivity contribution in [2.45, 2.75) is 45.7 Å². The first-order valence-electron chi connectivity index (χ1n) is 7.53. The van der Waals surface area contributed by atoms with Crippen LogP contribution in [-0.4, -0.2) is 6.04 Å². The summed E-state index contributed by atoms with van der Waals surface area (Å²) >= 11 is 0. The van der Waals surface area contributed by atoms with Crippen molar-refractivity contribution in [3.63, 3.8) is 0 Å². The molecule has 2 atom stereocenters. The Labute approximate surface area is 122 Å². The molecule has 0 saturated heterocycles. The first-order valence-corrected chi connectivity index (χ1v) is 7.53. The normalized spacial score (nSPS) is 21.6. The van der Waals surface area contributed by atoms with E-state index in [1.165, 1.54) is 22.3 Å². The first kappa shape index (κ1) is 13.4. The lowest BCUT2D eigenvalue weighted by molar-refractivity contribution is 0.415. The molecular formula is C19H23N. The number of rotatable bonds is 2. The van der Waals surface area contributed by atoms with Gasteiger partial charge in [-0.2, -0.15) is 0 Å². The highest BCUT2D eigenvalue weighted by Gasteiger charge is 2.27. The summed E-state index contributed by atoms with van der Waals surface area (Å²) in [7, 11) is 0. The number of hydrogen-bond acceptors (Lipinski definition) is 1. The van der Waals surface area contributed by atoms with Crippen LogP contribution in [0.25, 0.3) is 0 Å². The molecule has 1 heterocycles. The fraction of sp³-hybridized carbons (Fsp3) is 0.368. The SMILES string of the molecule is Cc1ccc(C)c2c1CNC(Cc1ccccc1)C2C. The zero-order valence-electron chi connectivity index (χ0n) is 12.6. The first-order chi connectivity index (χ1) is 9.66. The molecule has 104 valence electrons. The minimum atomic E-state index is 0.533. The van der Waals surface area contributed by atoms with E-state index in [2.05, 4.69) is 68.6 Å². The number of fused-ring (bicyclic) bond motifs is 1. The lowest BCUT2D eigenvalue weighted by Crippen LogP contribution is -2.40. The quantitative estimate of drug-likeness (QED) is 0.861. The maximum Gasteiger partial charge on any atom is 0.0214 e. The molecule has 0 fully saturated rings. The molecule has 1 aliphatic heterocycles. The second-order valence-corrected chi connectivity index (χ2v) is 6.06. The van der Waals surface area contributed by atoms with Gasteiger partial charge in [0.1, 0.15) is 0 Å². The van der Waals surface area contributed by atoms with Crippen molar-refractivity contribution >= 4 is 0 Å². The lowest BCUT2D eigenvalue weighted by Gasteiger charge is -2.35. The number of benzene rings is 2. The number of nitrogens with one attached hydrogen (secondary N) is 1. The minimum absolute atomic E-state index is 0.533. The average Bonchev–Trinajstić information content (AvgIpc) is 2.46. The molecule has 0 aromatic heterocycles. The van der Waals surface area contributed by atoms with E-state index in [0.29, 0.717) is 12.0 Å². The Kier molecular flexibility index (Phi) is 3.62. The Morgan fingerprint density at radius 3 is 2.45 bits per heavy atom. The van der Waals surface area contributed by atoms with Crippen LogP contribution in [0.15, 0.2) is 42.5 Å². The summed E-state index contributed by atoms with van der Waals surface area (Å²) in [5.74, 6) is 0.568. The van der Waals surface area contributed by atoms with Gasteiger partial charge in [-0.15, -0.1) is 0 Å². The van der Waals surface area contributed by atoms with E-state index in [0.717, 1.165) is 13.0 Å². The van der Waals surface area contributed by atoms with Gasteiger partial charge in [0.05, 0.1) is 0 Å². The van der Waals surface area contributed by atoms with Gasteiger partial charge in [-0.1, -0.05) is 49.4 Å². The van der Waals surface area contributed by atoms with Crippen LogP contribution in [0.5, 0.6) is 0 Å². The minimum Gasteiger partial charge on any atom is -0.309 e. The van der Waals surface area contributed by atoms with E-state index in [4.69, 9.17) is 0 Å². The summed E-state index contributed by atoms with van der Waals surface area (Å²) in [5.41, 5.74) is 7.37. The van der Waals surface area contributed by atoms with Crippen LogP contribution in [0, 0.1) is 13.8 Å². The molecule has 0 saturated carbocycles. The fourth-order valence-electron chi connectivity index (χ4n) is 3.49. The van der Waals surface area contributed by atoms with Gasteiger partial charge in [0.2, 0.25) is 0 Å². The van der Waals surface area contributed by atoms with Crippen molar-refractivity contribution in [3.8, 4) is 0 Å². The van der Waals surface area contributed by atoms with Crippen LogP contribution >= 0.6 is 0 Å². The van der Waals surface area contributed by atoms with E-state index < -0.39 is 0 Å². The maximum absolute atomic E-state index is 3.74. The van der Waals surface area contributed by atoms with Crippen molar-refractivity contribution in [3.05, 3.63) is 70.3 Å². The molecule has 2 aromatic rings. The Hall–Kier alpha value is -1.60. The summed E-state index contributed by atoms with van der Waals surface area (Å²) < 4.78 is 0. The second kappa shape index (κ2) is 5.41. The van der Waals surface area contributed by atoms with Gasteiger partial charge in [0, 0.05) is 12.6 Å². The Balaban J connectivity index is 1.89. The lowest BCUT2D eigenvalue weighted by atomic mass is 9.80. The standard InChI is InChI=1S/C19H23N/c1-13-9-10-14(2)19-15(3)18(20-12-17(13)19)11-16-7-5-4-6-8-16/h4-10,15,18,20H,11-12H2,1-3H3. The smallest absolute Gasteiger partial charge is 0.0214 e. The third-order valence-electron chi connectivity index (χ3n) is 4.71. The van der Waals surface area contributed by atoms with Crippen molar-refractivity contribution in [2.75, 3.05) is 0 Å². The van der Waals surface area contributed by atoms with Gasteiger partial charge < -0.3 is 5.32 Å². The van der Waals surface area contributed by atoms with Crippen LogP contribution in [-0.2, 0) is 13.0 Å². The number of aryl methyl sites for hydroxylation is 2. The summed E-state index contributed by atoms with van der Waals surface area (Å²) in [6.07, 6.45) is 1.11. The summed E-state index contributed by atoms with van der Waals surface area (Å²) in [4.78, 5) is 0. The van der Waals surface area contributed by atoms with Crippen molar-refractivity contribution in [1.29, 1.82) is 0 Å². The molecule has 1 N–H and O–H groups in total. The molecule has 0 amide bonds. The van der Waals surface area contributed by atoms with Crippen LogP contribution < -0.4 is 5.32 Å². The van der Waals surface area contributed by atoms with E-state index in [-0.39, 0.29) is 0 Å². The second-order valence-electron chi connectivity index (χ2n) is 6.06. The van der Waals surface area contributed by atoms with Gasteiger partial charge in [0.15, 0.2) is 0 Å². The number of hydrogen-bond donors (Lipinski definition) is 1. The van der Waals surface area contributed by atoms with Gasteiger partial charge in [-0.05, 0) is 54.0 Å². The van der Waals surface area contributed by atoms with E-state index >= 15 is 0 Å². The molecule has 3 rings (SSSR count). The van der Waals surface area contributed by atoms with Gasteiger partial charge in [0.25, 0.3) is 0 Å². The Morgan fingerprint density at radius 1 is 1.00 bits per heavy atom. The van der Waals surface area contributed by atoms with Gasteiger partial charge in [-0.25, -0.2) is 0 Å². The van der Waals surface area contributed by atoms with Crippen molar-refractivity contribution in [2.24, 2.45) is 0 Å². The Morgan fingerprint density at radius 2 is 1.70 bits per heavy atom. The predicted molar refractivity (Wildman–Crippen MR) is 85.1 cm³/mol. The summed E-state index contributed by atoms with van der Waals surface area (Å²) in [5, 5.41) is 3.74. The molecule has 0 spiro atoms. The summed E-state index contributed by atoms with van der Waals surface area (Å²) in [6, 6.07) is 15.9. The average molecular weight is 265 g/mol. The maximum atomic E-state index is 3.74. The van der Waals surface area contributed by atoms with Crippen LogP contribution in [0.1, 0.15) is 40.7 Å². The molecular weight excluding hydrogens is 242 g/mol. The monoisotopic (exact) mass is 265 g/mol. The van der Waals surface area contributed by atoms with Crippen LogP contribution in [0.2, 0.25) is 0 Å². The van der Waals surface area contributed by atoms with Crippen molar-refractivity contribution in [1.82, 2.24) is 5.32 Å². The highest BCUT2D eigenvalue weighted by molar-refractivity contribution is 5.44. The third kappa shape index (κ3) is 2.38. The third-order valence-corrected chi connectivity index (χ3v) is 4.71. The molecule has 2 aromatic carbocycles. The molecule has 1 nitrogen and oxygen atoms in total. The molecule has 0 bridgehead atoms. The molecule has 0 aliphatic carbocycles. The molecule has 1 aliphatic rings. The summed E-state index contributed by atoms with van der Waals surface area (Å²) in [6.45, 7) is 7.85. The van der Waals surface area contributed by atoms with Gasteiger partial charge >= 0.3 is 0 Å². The fourth-order valence-corrected chi connectivity index (χ4v) is 3.49. The molecule has 20 heavy (non-hydrogen) atoms. The molecule has 1 heteroatoms. The zero-order chi connectivity index (χ0) is 14.1. The largest absolute Gasteiger partial charge is 0.309 e. The van der Waals surface area contributed by atoms with E-state index in [1.807, 2.05) is 0 Å². The Bertz CT molecular complexity index is 601. The molecule has 2 unspecified atom stereocenters. The molecule has 0 radical (unpaired) electrons. The van der Waals surface area contributed by atoms with Crippen LogP contribution in [0.4, 0.5) is 0 Å². The highest BCUT2D eigenvalue weighted by Crippen LogP contribution is 2.33. The van der Waals surface area contributed by atoms with Gasteiger partial charge in [-0.3, -0.25) is 0 Å². The van der Waals surface area contributed by atoms with Crippen LogP contribution in [0.3, 0.4) is 0 Å². The predicted octanol–water partition coefficient (Wildman–Crippen LogP) is 4.12. The van der Waals surface area contributed by atoms with E-state index in [9.17, 15) is 0 Å². The van der Waals surface area contributed by atoms with E-state index in [1.54, 1.807) is 5.56 Å². The topological polar surface area (TPSA) is 12.0 Å². The highest BCUT2D eigenvalue weighted by atomic mass is 14.9. The van der Waals surface area contributed by atoms with Crippen molar-refractivity contribution < 1.29 is 0 Å².